The van der Waals surface area contributed by atoms with Gasteiger partial charge in [0.15, 0.2) is 5.43 Å². The zero-order chi connectivity index (χ0) is 9.80. The molecule has 0 saturated carbocycles. The van der Waals surface area contributed by atoms with E-state index in [1.165, 1.54) is 12.1 Å². The lowest BCUT2D eigenvalue weighted by atomic mass is 10.4. The van der Waals surface area contributed by atoms with E-state index >= 15 is 0 Å². The summed E-state index contributed by atoms with van der Waals surface area (Å²) in [6.07, 6.45) is 5.04. The van der Waals surface area contributed by atoms with Crippen molar-refractivity contribution in [3.8, 4) is 0 Å². The molecule has 0 bridgehead atoms. The van der Waals surface area contributed by atoms with Gasteiger partial charge in [0, 0.05) is 30.7 Å². The summed E-state index contributed by atoms with van der Waals surface area (Å²) in [5, 5.41) is 3.04. The van der Waals surface area contributed by atoms with E-state index in [9.17, 15) is 4.79 Å². The van der Waals surface area contributed by atoms with Crippen molar-refractivity contribution in [2.75, 3.05) is 5.32 Å². The predicted octanol–water partition coefficient (Wildman–Crippen LogP) is 0.710. The van der Waals surface area contributed by atoms with Gasteiger partial charge >= 0.3 is 0 Å². The summed E-state index contributed by atoms with van der Waals surface area (Å²) in [5.74, 6) is 1.52. The van der Waals surface area contributed by atoms with Gasteiger partial charge in [-0.2, -0.15) is 0 Å². The molecule has 0 atom stereocenters. The number of anilines is 1. The number of aromatic nitrogens is 3. The third-order valence-corrected chi connectivity index (χ3v) is 1.77. The molecule has 5 nitrogen and oxygen atoms in total. The van der Waals surface area contributed by atoms with E-state index in [0.717, 1.165) is 5.82 Å². The fraction of sp³-hybridized carbons (Fsp3) is 0.111. The topological polar surface area (TPSA) is 73.6 Å². The summed E-state index contributed by atoms with van der Waals surface area (Å²) in [6.45, 7) is 0.562. The number of rotatable bonds is 3. The van der Waals surface area contributed by atoms with E-state index in [2.05, 4.69) is 20.3 Å². The highest BCUT2D eigenvalue weighted by Gasteiger charge is 1.95. The van der Waals surface area contributed by atoms with Crippen LogP contribution in [0.1, 0.15) is 5.82 Å². The van der Waals surface area contributed by atoms with Crippen molar-refractivity contribution in [1.29, 1.82) is 0 Å². The minimum absolute atomic E-state index is 0.0225. The van der Waals surface area contributed by atoms with E-state index in [1.807, 2.05) is 0 Å². The van der Waals surface area contributed by atoms with E-state index in [0.29, 0.717) is 12.4 Å². The standard InChI is InChI=1S/C9H10N4O/c14-7-1-2-10-8(5-7)13-6-9-11-3-4-12-9/h1-5H,6H2,(H,11,12)(H2,10,13,14). The van der Waals surface area contributed by atoms with Crippen molar-refractivity contribution < 1.29 is 0 Å². The van der Waals surface area contributed by atoms with Gasteiger partial charge in [-0.3, -0.25) is 4.79 Å². The molecular weight excluding hydrogens is 180 g/mol. The lowest BCUT2D eigenvalue weighted by Gasteiger charge is -2.02. The van der Waals surface area contributed by atoms with Gasteiger partial charge in [-0.1, -0.05) is 0 Å². The molecule has 0 aromatic carbocycles. The van der Waals surface area contributed by atoms with Gasteiger partial charge in [-0.15, -0.1) is 0 Å². The molecule has 0 fully saturated rings. The highest BCUT2D eigenvalue weighted by atomic mass is 16.1. The molecule has 0 saturated heterocycles. The molecule has 72 valence electrons. The Labute approximate surface area is 80.2 Å². The summed E-state index contributed by atoms with van der Waals surface area (Å²) in [5.41, 5.74) is -0.0225. The summed E-state index contributed by atoms with van der Waals surface area (Å²) >= 11 is 0. The largest absolute Gasteiger partial charge is 0.364 e. The second kappa shape index (κ2) is 3.78. The van der Waals surface area contributed by atoms with Crippen LogP contribution in [-0.4, -0.2) is 15.0 Å². The Kier molecular flexibility index (Phi) is 2.31. The van der Waals surface area contributed by atoms with Crippen LogP contribution in [0.2, 0.25) is 0 Å². The monoisotopic (exact) mass is 190 g/mol. The lowest BCUT2D eigenvalue weighted by Crippen LogP contribution is -2.06. The minimum atomic E-state index is -0.0225. The third kappa shape index (κ3) is 2.01. The lowest BCUT2D eigenvalue weighted by molar-refractivity contribution is 0.987. The van der Waals surface area contributed by atoms with Crippen LogP contribution in [0.25, 0.3) is 0 Å². The maximum Gasteiger partial charge on any atom is 0.183 e. The van der Waals surface area contributed by atoms with Gasteiger partial charge in [0.05, 0.1) is 6.54 Å². The molecule has 2 aromatic heterocycles. The van der Waals surface area contributed by atoms with Crippen LogP contribution < -0.4 is 10.7 Å². The van der Waals surface area contributed by atoms with Crippen molar-refractivity contribution in [2.24, 2.45) is 0 Å². The molecule has 5 heteroatoms. The van der Waals surface area contributed by atoms with Crippen LogP contribution in [0.5, 0.6) is 0 Å². The van der Waals surface area contributed by atoms with Crippen molar-refractivity contribution in [3.05, 3.63) is 46.8 Å². The molecule has 0 radical (unpaired) electrons. The first kappa shape index (κ1) is 8.55. The van der Waals surface area contributed by atoms with E-state index in [1.54, 1.807) is 18.6 Å². The van der Waals surface area contributed by atoms with Crippen molar-refractivity contribution in [1.82, 2.24) is 15.0 Å². The number of hydrogen-bond acceptors (Lipinski definition) is 3. The fourth-order valence-electron chi connectivity index (χ4n) is 1.12. The molecule has 2 aromatic rings. The average molecular weight is 190 g/mol. The van der Waals surface area contributed by atoms with Gasteiger partial charge in [0.2, 0.25) is 0 Å². The van der Waals surface area contributed by atoms with Gasteiger partial charge in [-0.05, 0) is 0 Å². The Balaban J connectivity index is 2.02. The maximum atomic E-state index is 11.0. The SMILES string of the molecule is O=c1cc[nH]c(NCc2ncc[nH]2)c1. The van der Waals surface area contributed by atoms with Gasteiger partial charge in [-0.25, -0.2) is 4.98 Å². The summed E-state index contributed by atoms with van der Waals surface area (Å²) < 4.78 is 0. The van der Waals surface area contributed by atoms with E-state index in [4.69, 9.17) is 0 Å². The highest BCUT2D eigenvalue weighted by Crippen LogP contribution is 1.98. The molecule has 0 spiro atoms. The van der Waals surface area contributed by atoms with E-state index in [-0.39, 0.29) is 5.43 Å². The van der Waals surface area contributed by atoms with Crippen LogP contribution in [0.3, 0.4) is 0 Å². The van der Waals surface area contributed by atoms with Crippen LogP contribution >= 0.6 is 0 Å². The Morgan fingerprint density at radius 1 is 1.36 bits per heavy atom. The Morgan fingerprint density at radius 3 is 3.00 bits per heavy atom. The van der Waals surface area contributed by atoms with Crippen LogP contribution in [0.4, 0.5) is 5.82 Å². The second-order valence-corrected chi connectivity index (χ2v) is 2.83. The zero-order valence-electron chi connectivity index (χ0n) is 7.45. The van der Waals surface area contributed by atoms with E-state index < -0.39 is 0 Å². The Hall–Kier alpha value is -2.04. The quantitative estimate of drug-likeness (QED) is 0.667. The van der Waals surface area contributed by atoms with Crippen molar-refractivity contribution in [2.45, 2.75) is 6.54 Å². The Bertz CT molecular complexity index is 446. The first-order valence-corrected chi connectivity index (χ1v) is 4.25. The van der Waals surface area contributed by atoms with Crippen LogP contribution in [-0.2, 0) is 6.54 Å². The molecule has 3 N–H and O–H groups in total. The van der Waals surface area contributed by atoms with Crippen molar-refractivity contribution >= 4 is 5.82 Å². The molecular formula is C9H10N4O. The molecule has 2 rings (SSSR count). The van der Waals surface area contributed by atoms with Crippen LogP contribution in [0, 0.1) is 0 Å². The molecule has 0 aliphatic rings. The number of H-pyrrole nitrogens is 2. The number of nitrogens with one attached hydrogen (secondary N) is 3. The molecule has 0 aliphatic carbocycles. The number of imidazole rings is 1. The molecule has 0 amide bonds. The van der Waals surface area contributed by atoms with Crippen molar-refractivity contribution in [3.63, 3.8) is 0 Å². The number of hydrogen-bond donors (Lipinski definition) is 3. The second-order valence-electron chi connectivity index (χ2n) is 2.83. The van der Waals surface area contributed by atoms with Gasteiger partial charge < -0.3 is 15.3 Å². The average Bonchev–Trinajstić information content (AvgIpc) is 2.67. The first-order valence-electron chi connectivity index (χ1n) is 4.25. The molecule has 2 heterocycles. The number of pyridine rings is 1. The smallest absolute Gasteiger partial charge is 0.183 e. The Morgan fingerprint density at radius 2 is 2.29 bits per heavy atom. The number of aromatic amines is 2. The molecule has 0 unspecified atom stereocenters. The first-order chi connectivity index (χ1) is 6.84. The normalized spacial score (nSPS) is 10.0. The molecule has 0 aliphatic heterocycles. The minimum Gasteiger partial charge on any atom is -0.364 e. The zero-order valence-corrected chi connectivity index (χ0v) is 7.45. The number of nitrogens with zero attached hydrogens (tertiary/aromatic N) is 1. The summed E-state index contributed by atoms with van der Waals surface area (Å²) in [4.78, 5) is 20.9. The molecule has 14 heavy (non-hydrogen) atoms. The third-order valence-electron chi connectivity index (χ3n) is 1.77. The fourth-order valence-corrected chi connectivity index (χ4v) is 1.12. The predicted molar refractivity (Wildman–Crippen MR) is 53.0 cm³/mol. The summed E-state index contributed by atoms with van der Waals surface area (Å²) in [7, 11) is 0. The highest BCUT2D eigenvalue weighted by molar-refractivity contribution is 5.33. The van der Waals surface area contributed by atoms with Crippen LogP contribution in [0.15, 0.2) is 35.5 Å². The summed E-state index contributed by atoms with van der Waals surface area (Å²) in [6, 6.07) is 2.97. The maximum absolute atomic E-state index is 11.0. The van der Waals surface area contributed by atoms with Gasteiger partial charge in [0.1, 0.15) is 11.6 Å². The van der Waals surface area contributed by atoms with Gasteiger partial charge in [0.25, 0.3) is 0 Å².